The first kappa shape index (κ1) is 13.0. The van der Waals surface area contributed by atoms with E-state index < -0.39 is 0 Å². The van der Waals surface area contributed by atoms with Crippen LogP contribution in [0.15, 0.2) is 0 Å². The first-order valence-electron chi connectivity index (χ1n) is 5.90. The van der Waals surface area contributed by atoms with Gasteiger partial charge in [0.25, 0.3) is 0 Å². The van der Waals surface area contributed by atoms with Gasteiger partial charge in [0.1, 0.15) is 0 Å². The average molecular weight is 227 g/mol. The number of hydrogen-bond acceptors (Lipinski definition) is 3. The minimum Gasteiger partial charge on any atom is -0.355 e. The molecule has 1 fully saturated rings. The predicted molar refractivity (Wildman–Crippen MR) is 62.0 cm³/mol. The van der Waals surface area contributed by atoms with E-state index in [1.165, 1.54) is 0 Å². The highest BCUT2D eigenvalue weighted by molar-refractivity contribution is 5.85. The Balaban J connectivity index is 2.14. The van der Waals surface area contributed by atoms with Crippen molar-refractivity contribution in [1.29, 1.82) is 0 Å². The minimum absolute atomic E-state index is 0.0317. The summed E-state index contributed by atoms with van der Waals surface area (Å²) in [6, 6.07) is -0.179. The second-order valence-electron chi connectivity index (χ2n) is 4.19. The quantitative estimate of drug-likeness (QED) is 0.614. The third-order valence-corrected chi connectivity index (χ3v) is 2.79. The molecule has 0 saturated carbocycles. The van der Waals surface area contributed by atoms with E-state index in [-0.39, 0.29) is 24.4 Å². The van der Waals surface area contributed by atoms with Crippen molar-refractivity contribution in [3.8, 4) is 0 Å². The zero-order valence-corrected chi connectivity index (χ0v) is 10.1. The molecule has 0 aromatic heterocycles. The summed E-state index contributed by atoms with van der Waals surface area (Å²) in [4.78, 5) is 24.6. The van der Waals surface area contributed by atoms with Gasteiger partial charge in [0, 0.05) is 20.1 Å². The fourth-order valence-electron chi connectivity index (χ4n) is 1.69. The molecule has 0 radical (unpaired) electrons. The largest absolute Gasteiger partial charge is 0.355 e. The van der Waals surface area contributed by atoms with Gasteiger partial charge in [-0.25, -0.2) is 0 Å². The Bertz CT molecular complexity index is 256. The summed E-state index contributed by atoms with van der Waals surface area (Å²) in [6.07, 6.45) is 2.86. The van der Waals surface area contributed by atoms with Gasteiger partial charge in [0.05, 0.1) is 12.6 Å². The van der Waals surface area contributed by atoms with Crippen LogP contribution in [0, 0.1) is 0 Å². The summed E-state index contributed by atoms with van der Waals surface area (Å²) in [5.41, 5.74) is 0. The smallest absolute Gasteiger partial charge is 0.239 e. The first-order valence-corrected chi connectivity index (χ1v) is 5.90. The number of likely N-dealkylation sites (tertiary alicyclic amines) is 1. The maximum absolute atomic E-state index is 11.5. The van der Waals surface area contributed by atoms with Gasteiger partial charge in [0.15, 0.2) is 0 Å². The Kier molecular flexibility index (Phi) is 5.25. The maximum Gasteiger partial charge on any atom is 0.239 e. The highest BCUT2D eigenvalue weighted by Crippen LogP contribution is 2.07. The fraction of sp³-hybridized carbons (Fsp3) is 0.818. The molecule has 0 aromatic rings. The summed E-state index contributed by atoms with van der Waals surface area (Å²) in [7, 11) is 1.78. The Morgan fingerprint density at radius 2 is 2.31 bits per heavy atom. The van der Waals surface area contributed by atoms with Crippen LogP contribution in [-0.4, -0.2) is 49.4 Å². The van der Waals surface area contributed by atoms with E-state index in [1.807, 2.05) is 0 Å². The lowest BCUT2D eigenvalue weighted by molar-refractivity contribution is -0.128. The Hall–Kier alpha value is -1.10. The van der Waals surface area contributed by atoms with Crippen molar-refractivity contribution in [3.63, 3.8) is 0 Å². The summed E-state index contributed by atoms with van der Waals surface area (Å²) < 4.78 is 0. The van der Waals surface area contributed by atoms with E-state index in [0.29, 0.717) is 0 Å². The molecule has 2 amide bonds. The molecule has 16 heavy (non-hydrogen) atoms. The molecule has 1 aliphatic rings. The highest BCUT2D eigenvalue weighted by atomic mass is 16.2. The summed E-state index contributed by atoms with van der Waals surface area (Å²) >= 11 is 0. The van der Waals surface area contributed by atoms with Crippen LogP contribution >= 0.6 is 0 Å². The molecular weight excluding hydrogens is 206 g/mol. The van der Waals surface area contributed by atoms with Crippen LogP contribution in [0.2, 0.25) is 0 Å². The van der Waals surface area contributed by atoms with Crippen LogP contribution in [0.25, 0.3) is 0 Å². The van der Waals surface area contributed by atoms with Gasteiger partial charge in [-0.1, -0.05) is 13.3 Å². The van der Waals surface area contributed by atoms with E-state index in [0.717, 1.165) is 32.4 Å². The van der Waals surface area contributed by atoms with E-state index in [1.54, 1.807) is 11.9 Å². The van der Waals surface area contributed by atoms with Gasteiger partial charge in [0.2, 0.25) is 11.8 Å². The molecule has 92 valence electrons. The standard InChI is InChI=1S/C11H21N3O2/c1-3-4-6-12-10(15)8-13-9-5-7-14(2)11(9)16/h9,13H,3-8H2,1-2H3,(H,12,15). The third-order valence-electron chi connectivity index (χ3n) is 2.79. The Morgan fingerprint density at radius 3 is 2.88 bits per heavy atom. The molecule has 1 heterocycles. The van der Waals surface area contributed by atoms with Crippen LogP contribution in [-0.2, 0) is 9.59 Å². The molecule has 0 bridgehead atoms. The number of hydrogen-bond donors (Lipinski definition) is 2. The summed E-state index contributed by atoms with van der Waals surface area (Å²) in [5.74, 6) is 0.0529. The first-order chi connectivity index (χ1) is 7.65. The van der Waals surface area contributed by atoms with Crippen LogP contribution in [0.3, 0.4) is 0 Å². The topological polar surface area (TPSA) is 61.4 Å². The van der Waals surface area contributed by atoms with E-state index in [2.05, 4.69) is 17.6 Å². The lowest BCUT2D eigenvalue weighted by Crippen LogP contribution is -2.43. The van der Waals surface area contributed by atoms with Crippen molar-refractivity contribution >= 4 is 11.8 Å². The van der Waals surface area contributed by atoms with Crippen LogP contribution < -0.4 is 10.6 Å². The molecule has 5 heteroatoms. The Morgan fingerprint density at radius 1 is 1.56 bits per heavy atom. The normalized spacial score (nSPS) is 20.2. The van der Waals surface area contributed by atoms with E-state index in [4.69, 9.17) is 0 Å². The predicted octanol–water partition coefficient (Wildman–Crippen LogP) is -0.277. The van der Waals surface area contributed by atoms with Gasteiger partial charge in [-0.05, 0) is 12.8 Å². The molecular formula is C11H21N3O2. The van der Waals surface area contributed by atoms with Gasteiger partial charge in [-0.2, -0.15) is 0 Å². The van der Waals surface area contributed by atoms with Crippen molar-refractivity contribution in [2.45, 2.75) is 32.2 Å². The zero-order valence-electron chi connectivity index (χ0n) is 10.1. The SMILES string of the molecule is CCCCNC(=O)CNC1CCN(C)C1=O. The molecule has 1 unspecified atom stereocenters. The molecule has 0 spiro atoms. The van der Waals surface area contributed by atoms with E-state index in [9.17, 15) is 9.59 Å². The molecule has 1 aliphatic heterocycles. The van der Waals surface area contributed by atoms with Crippen LogP contribution in [0.4, 0.5) is 0 Å². The van der Waals surface area contributed by atoms with Crippen molar-refractivity contribution in [2.75, 3.05) is 26.7 Å². The average Bonchev–Trinajstić information content (AvgIpc) is 2.58. The number of unbranched alkanes of at least 4 members (excludes halogenated alkanes) is 1. The third kappa shape index (κ3) is 3.81. The van der Waals surface area contributed by atoms with Gasteiger partial charge in [-0.15, -0.1) is 0 Å². The number of nitrogens with one attached hydrogen (secondary N) is 2. The van der Waals surface area contributed by atoms with Crippen molar-refractivity contribution in [3.05, 3.63) is 0 Å². The lowest BCUT2D eigenvalue weighted by Gasteiger charge is -2.12. The molecule has 1 rings (SSSR count). The molecule has 1 atom stereocenters. The number of likely N-dealkylation sites (N-methyl/N-ethyl adjacent to an activating group) is 1. The number of carbonyl (C=O) groups is 2. The van der Waals surface area contributed by atoms with Crippen LogP contribution in [0.1, 0.15) is 26.2 Å². The number of nitrogens with zero attached hydrogens (tertiary/aromatic N) is 1. The highest BCUT2D eigenvalue weighted by Gasteiger charge is 2.28. The summed E-state index contributed by atoms with van der Waals surface area (Å²) in [6.45, 7) is 3.80. The van der Waals surface area contributed by atoms with Gasteiger partial charge < -0.3 is 10.2 Å². The zero-order chi connectivity index (χ0) is 12.0. The molecule has 0 aromatic carbocycles. The number of carbonyl (C=O) groups excluding carboxylic acids is 2. The molecule has 0 aliphatic carbocycles. The van der Waals surface area contributed by atoms with Crippen molar-refractivity contribution < 1.29 is 9.59 Å². The van der Waals surface area contributed by atoms with Gasteiger partial charge in [-0.3, -0.25) is 14.9 Å². The number of amides is 2. The van der Waals surface area contributed by atoms with Crippen molar-refractivity contribution in [1.82, 2.24) is 15.5 Å². The molecule has 5 nitrogen and oxygen atoms in total. The Labute approximate surface area is 96.6 Å². The second kappa shape index (κ2) is 6.48. The number of rotatable bonds is 6. The summed E-state index contributed by atoms with van der Waals surface area (Å²) in [5, 5.41) is 5.79. The lowest BCUT2D eigenvalue weighted by atomic mass is 10.2. The molecule has 2 N–H and O–H groups in total. The van der Waals surface area contributed by atoms with E-state index >= 15 is 0 Å². The van der Waals surface area contributed by atoms with Gasteiger partial charge >= 0.3 is 0 Å². The minimum atomic E-state index is -0.179. The van der Waals surface area contributed by atoms with Crippen molar-refractivity contribution in [2.24, 2.45) is 0 Å². The molecule has 1 saturated heterocycles. The van der Waals surface area contributed by atoms with Crippen LogP contribution in [0.5, 0.6) is 0 Å². The second-order valence-corrected chi connectivity index (χ2v) is 4.19. The monoisotopic (exact) mass is 227 g/mol. The fourth-order valence-corrected chi connectivity index (χ4v) is 1.69. The maximum atomic E-state index is 11.5.